The third kappa shape index (κ3) is 13.0. The molecule has 0 unspecified atom stereocenters. The smallest absolute Gasteiger partial charge is 0.143 e. The Labute approximate surface area is 751 Å². The van der Waals surface area contributed by atoms with Crippen molar-refractivity contribution in [3.05, 3.63) is 297 Å². The molecule has 6 aliphatic carbocycles. The Bertz CT molecular complexity index is 6360. The summed E-state index contributed by atoms with van der Waals surface area (Å²) in [4.78, 5) is 0. The van der Waals surface area contributed by atoms with Crippen LogP contribution in [0.5, 0.6) is 0 Å². The first-order chi connectivity index (χ1) is 61.4. The van der Waals surface area contributed by atoms with Gasteiger partial charge >= 0.3 is 0 Å². The van der Waals surface area contributed by atoms with Gasteiger partial charge in [-0.3, -0.25) is 0 Å². The van der Waals surface area contributed by atoms with Crippen LogP contribution >= 0.6 is 0 Å². The van der Waals surface area contributed by atoms with E-state index in [0.29, 0.717) is 0 Å². The number of para-hydroxylation sites is 2. The fourth-order valence-corrected chi connectivity index (χ4v) is 26.0. The average molecular weight is 1650 g/mol. The largest absolute Gasteiger partial charge is 0.455 e. The maximum Gasteiger partial charge on any atom is 0.143 e. The molecule has 2 heterocycles. The Morgan fingerprint density at radius 2 is 0.468 bits per heavy atom. The highest BCUT2D eigenvalue weighted by molar-refractivity contribution is 6.22. The minimum atomic E-state index is -0.403. The second-order valence-corrected chi connectivity index (χ2v) is 41.6. The quantitative estimate of drug-likeness (QED) is 0.0393. The molecular weight excluding hydrogens is 1520 g/mol. The van der Waals surface area contributed by atoms with Crippen LogP contribution in [0, 0.1) is 0 Å². The van der Waals surface area contributed by atoms with Crippen LogP contribution in [0.3, 0.4) is 0 Å². The van der Waals surface area contributed by atoms with E-state index in [1.165, 1.54) is 335 Å². The lowest BCUT2D eigenvalue weighted by Crippen LogP contribution is -2.25. The number of benzene rings is 13. The van der Waals surface area contributed by atoms with E-state index in [9.17, 15) is 0 Å². The van der Waals surface area contributed by atoms with Crippen molar-refractivity contribution in [3.63, 3.8) is 0 Å². The molecule has 21 rings (SSSR count). The second-order valence-electron chi connectivity index (χ2n) is 41.6. The molecule has 0 N–H and O–H groups in total. The van der Waals surface area contributed by atoms with E-state index in [1.54, 1.807) is 22.3 Å². The first-order valence-corrected chi connectivity index (χ1v) is 49.6. The summed E-state index contributed by atoms with van der Waals surface area (Å²) in [5.74, 6) is 0. The fraction of sp³-hybridized carbons (Fsp3) is 0.371. The molecule has 0 bridgehead atoms. The Kier molecular flexibility index (Phi) is 21.2. The Morgan fingerprint density at radius 1 is 0.206 bits per heavy atom. The Balaban J connectivity index is 0.617. The molecule has 2 heteroatoms. The van der Waals surface area contributed by atoms with Crippen LogP contribution < -0.4 is 0 Å². The summed E-state index contributed by atoms with van der Waals surface area (Å²) in [5.41, 5.74) is 46.2. The molecule has 6 aliphatic rings. The first kappa shape index (κ1) is 82.4. The van der Waals surface area contributed by atoms with E-state index in [-0.39, 0.29) is 21.7 Å². The molecule has 0 radical (unpaired) electrons. The molecule has 0 fully saturated rings. The predicted octanol–water partition coefficient (Wildman–Crippen LogP) is 36.9. The molecule has 126 heavy (non-hydrogen) atoms. The van der Waals surface area contributed by atoms with Gasteiger partial charge in [0.2, 0.25) is 0 Å². The molecule has 2 nitrogen and oxygen atoms in total. The van der Waals surface area contributed by atoms with Crippen molar-refractivity contribution < 1.29 is 8.83 Å². The third-order valence-electron chi connectivity index (χ3n) is 32.6. The second kappa shape index (κ2) is 32.3. The lowest BCUT2D eigenvalue weighted by Gasteiger charge is -2.33. The number of unbranched alkanes of at least 4 members (excludes halogenated alkanes) is 20. The lowest BCUT2D eigenvalue weighted by atomic mass is 9.70. The maximum atomic E-state index is 7.35. The molecule has 2 aromatic heterocycles. The van der Waals surface area contributed by atoms with E-state index < -0.39 is 10.8 Å². The van der Waals surface area contributed by atoms with Gasteiger partial charge in [0, 0.05) is 65.2 Å². The predicted molar refractivity (Wildman–Crippen MR) is 537 cm³/mol. The summed E-state index contributed by atoms with van der Waals surface area (Å²) in [5, 5.41) is 4.75. The molecule has 0 saturated carbocycles. The molecule has 638 valence electrons. The van der Waals surface area contributed by atoms with E-state index in [1.807, 2.05) is 0 Å². The van der Waals surface area contributed by atoms with Gasteiger partial charge in [0.25, 0.3) is 0 Å². The highest BCUT2D eigenvalue weighted by Gasteiger charge is 2.51. The topological polar surface area (TPSA) is 26.3 Å². The van der Waals surface area contributed by atoms with Gasteiger partial charge in [-0.15, -0.1) is 0 Å². The molecule has 0 spiro atoms. The van der Waals surface area contributed by atoms with E-state index in [0.717, 1.165) is 44.2 Å². The van der Waals surface area contributed by atoms with E-state index >= 15 is 0 Å². The number of fused-ring (bicyclic) bond motifs is 27. The zero-order valence-corrected chi connectivity index (χ0v) is 77.6. The standard InChI is InChI=1S/C124H130O2/c1-13-17-21-25-29-41-67-123(68-42-30-26-22-18-14-2)99-49-37-33-45-85(99)91-61-55-81(73-105(91)123)79-53-59-87-89-63-57-83(75-103(89)119(5,6)101(87)71-79)97-77-107-111(113-93-47-35-39-51-109(93)125-117(97)113)95-65-66-96-112-108(122(11,12)116(96)115(95)121(107,9)10)78-98(118-114(112)94-48-36-40-52-110(94)126-118)84-58-64-90-88-60-54-80(72-102(88)120(7,8)104(90)76-84)82-56-62-92-86-46-34-38-50-100(86)124(106(92)74-82,69-43-31-27-23-19-15-3)70-44-32-28-24-20-16-4/h33-40,45-66,71-78H,13-32,41-44,67-70H2,1-12H3. The highest BCUT2D eigenvalue weighted by Crippen LogP contribution is 2.66. The van der Waals surface area contributed by atoms with Crippen molar-refractivity contribution in [2.75, 3.05) is 0 Å². The summed E-state index contributed by atoms with van der Waals surface area (Å²) in [6, 6.07) is 91.6. The minimum Gasteiger partial charge on any atom is -0.455 e. The van der Waals surface area contributed by atoms with Gasteiger partial charge in [-0.1, -0.05) is 407 Å². The summed E-state index contributed by atoms with van der Waals surface area (Å²) < 4.78 is 14.7. The number of furan rings is 2. The molecule has 0 amide bonds. The minimum absolute atomic E-state index is 0.0250. The summed E-state index contributed by atoms with van der Waals surface area (Å²) in [6.45, 7) is 29.3. The molecule has 0 atom stereocenters. The molecule has 0 saturated heterocycles. The van der Waals surface area contributed by atoms with Crippen molar-refractivity contribution in [1.29, 1.82) is 0 Å². The third-order valence-corrected chi connectivity index (χ3v) is 32.6. The monoisotopic (exact) mass is 1650 g/mol. The van der Waals surface area contributed by atoms with Crippen LogP contribution in [-0.2, 0) is 32.5 Å². The summed E-state index contributed by atoms with van der Waals surface area (Å²) in [7, 11) is 0. The van der Waals surface area contributed by atoms with Gasteiger partial charge in [0.05, 0.1) is 0 Å². The van der Waals surface area contributed by atoms with Crippen LogP contribution in [0.15, 0.2) is 239 Å². The van der Waals surface area contributed by atoms with Crippen LogP contribution in [0.25, 0.3) is 155 Å². The fourth-order valence-electron chi connectivity index (χ4n) is 26.0. The van der Waals surface area contributed by atoms with Gasteiger partial charge in [-0.2, -0.15) is 0 Å². The van der Waals surface area contributed by atoms with Gasteiger partial charge in [0.1, 0.15) is 22.3 Å². The summed E-state index contributed by atoms with van der Waals surface area (Å²) in [6.07, 6.45) is 36.5. The van der Waals surface area contributed by atoms with Crippen LogP contribution in [0.2, 0.25) is 0 Å². The summed E-state index contributed by atoms with van der Waals surface area (Å²) >= 11 is 0. The first-order valence-electron chi connectivity index (χ1n) is 49.6. The Morgan fingerprint density at radius 3 is 0.810 bits per heavy atom. The van der Waals surface area contributed by atoms with Crippen molar-refractivity contribution in [1.82, 2.24) is 0 Å². The van der Waals surface area contributed by atoms with E-state index in [4.69, 9.17) is 8.83 Å². The SMILES string of the molecule is CCCCCCCCC1(CCCCCCCC)c2ccccc2-c2ccc(-c3ccc4c(c3)C(C)(C)c3cc(-c5cc6c(c7c5oc5ccccc57)-c5ccc7c(c5C6(C)C)C(C)(C)c5cc(-c6ccc8c(c6)C(C)(C)c6cc(-c9ccc%10c(c9)C(CCCCCCCC)(CCCCCCCC)c9ccccc9-%10)ccc6-8)c6oc8ccccc8c6c5-7)ccc3-4)cc21. The van der Waals surface area contributed by atoms with Gasteiger partial charge < -0.3 is 8.83 Å². The van der Waals surface area contributed by atoms with Gasteiger partial charge in [-0.05, 0) is 253 Å². The number of rotatable bonds is 32. The molecule has 0 aliphatic heterocycles. The van der Waals surface area contributed by atoms with Crippen LogP contribution in [0.1, 0.15) is 330 Å². The van der Waals surface area contributed by atoms with Crippen molar-refractivity contribution >= 4 is 43.9 Å². The van der Waals surface area contributed by atoms with Crippen LogP contribution in [-0.4, -0.2) is 0 Å². The number of hydrogen-bond donors (Lipinski definition) is 0. The normalized spacial score (nSPS) is 15.8. The zero-order chi connectivity index (χ0) is 86.2. The average Bonchev–Trinajstić information content (AvgIpc) is 1.50. The van der Waals surface area contributed by atoms with Gasteiger partial charge in [-0.25, -0.2) is 0 Å². The zero-order valence-electron chi connectivity index (χ0n) is 77.6. The molecule has 15 aromatic rings. The van der Waals surface area contributed by atoms with Crippen molar-refractivity contribution in [2.24, 2.45) is 0 Å². The van der Waals surface area contributed by atoms with Crippen LogP contribution in [0.4, 0.5) is 0 Å². The molecular formula is C124H130O2. The van der Waals surface area contributed by atoms with Gasteiger partial charge in [0.15, 0.2) is 0 Å². The van der Waals surface area contributed by atoms with Crippen molar-refractivity contribution in [2.45, 2.75) is 295 Å². The number of hydrogen-bond acceptors (Lipinski definition) is 2. The highest BCUT2D eigenvalue weighted by atomic mass is 16.3. The van der Waals surface area contributed by atoms with E-state index in [2.05, 4.69) is 314 Å². The molecule has 13 aromatic carbocycles. The lowest BCUT2D eigenvalue weighted by molar-refractivity contribution is 0.398. The maximum absolute atomic E-state index is 7.35. The van der Waals surface area contributed by atoms with Crippen molar-refractivity contribution in [3.8, 4) is 111 Å². The Hall–Kier alpha value is -10.5.